The molecule has 94 valence electrons. The molecule has 0 amide bonds. The maximum Gasteiger partial charge on any atom is 0.271 e. The molecule has 0 spiro atoms. The number of hydrogen-bond acceptors (Lipinski definition) is 4. The van der Waals surface area contributed by atoms with E-state index in [1.807, 2.05) is 20.0 Å². The first-order chi connectivity index (χ1) is 8.61. The predicted octanol–water partition coefficient (Wildman–Crippen LogP) is 1.81. The van der Waals surface area contributed by atoms with Gasteiger partial charge in [0.05, 0.1) is 16.3 Å². The number of non-ortho nitro benzene ring substituents is 1. The van der Waals surface area contributed by atoms with Crippen LogP contribution in [0.5, 0.6) is 0 Å². The average molecular weight is 246 g/mol. The normalized spacial score (nSPS) is 10.6. The van der Waals surface area contributed by atoms with Crippen molar-refractivity contribution in [2.24, 2.45) is 0 Å². The van der Waals surface area contributed by atoms with Crippen molar-refractivity contribution in [3.63, 3.8) is 0 Å². The maximum absolute atomic E-state index is 10.8. The Labute approximate surface area is 104 Å². The van der Waals surface area contributed by atoms with Crippen LogP contribution in [-0.4, -0.2) is 21.8 Å². The van der Waals surface area contributed by atoms with Crippen molar-refractivity contribution in [1.82, 2.24) is 15.1 Å². The number of nitro benzene ring substituents is 1. The molecule has 0 radical (unpaired) electrons. The lowest BCUT2D eigenvalue weighted by Gasteiger charge is -2.05. The summed E-state index contributed by atoms with van der Waals surface area (Å²) in [5, 5.41) is 18.1. The summed E-state index contributed by atoms with van der Waals surface area (Å²) in [5.74, 6) is 0. The van der Waals surface area contributed by atoms with Gasteiger partial charge in [0.25, 0.3) is 5.69 Å². The van der Waals surface area contributed by atoms with Gasteiger partial charge in [-0.25, -0.2) is 4.68 Å². The van der Waals surface area contributed by atoms with Crippen LogP contribution in [0.25, 0.3) is 5.69 Å². The Morgan fingerprint density at radius 2 is 2.22 bits per heavy atom. The number of rotatable bonds is 4. The van der Waals surface area contributed by atoms with E-state index in [0.29, 0.717) is 6.54 Å². The molecule has 0 aliphatic rings. The molecule has 0 saturated heterocycles. The lowest BCUT2D eigenvalue weighted by molar-refractivity contribution is -0.384. The molecule has 0 unspecified atom stereocenters. The number of aryl methyl sites for hydroxylation is 1. The smallest absolute Gasteiger partial charge is 0.271 e. The van der Waals surface area contributed by atoms with E-state index >= 15 is 0 Å². The molecule has 0 atom stereocenters. The molecule has 2 aromatic rings. The summed E-state index contributed by atoms with van der Waals surface area (Å²) in [6, 6.07) is 6.64. The molecule has 1 aromatic heterocycles. The van der Waals surface area contributed by atoms with Crippen molar-refractivity contribution in [3.05, 3.63) is 51.8 Å². The predicted molar refractivity (Wildman–Crippen MR) is 67.7 cm³/mol. The Bertz CT molecular complexity index is 577. The Hall–Kier alpha value is -2.21. The van der Waals surface area contributed by atoms with Gasteiger partial charge in [-0.15, -0.1) is 0 Å². The number of aromatic nitrogens is 2. The SMILES string of the molecule is CNCc1ccn(-c2cc([N+](=O)[O-])ccc2C)n1. The van der Waals surface area contributed by atoms with Gasteiger partial charge >= 0.3 is 0 Å². The molecule has 6 nitrogen and oxygen atoms in total. The van der Waals surface area contributed by atoms with Gasteiger partial charge in [0.2, 0.25) is 0 Å². The highest BCUT2D eigenvalue weighted by Gasteiger charge is 2.10. The molecule has 0 fully saturated rings. The Morgan fingerprint density at radius 3 is 2.89 bits per heavy atom. The van der Waals surface area contributed by atoms with Crippen LogP contribution in [0.2, 0.25) is 0 Å². The Morgan fingerprint density at radius 1 is 1.44 bits per heavy atom. The third-order valence-corrected chi connectivity index (χ3v) is 2.65. The first-order valence-corrected chi connectivity index (χ1v) is 5.56. The van der Waals surface area contributed by atoms with Gasteiger partial charge < -0.3 is 5.32 Å². The van der Waals surface area contributed by atoms with Crippen molar-refractivity contribution in [3.8, 4) is 5.69 Å². The lowest BCUT2D eigenvalue weighted by Crippen LogP contribution is -2.07. The van der Waals surface area contributed by atoms with Gasteiger partial charge in [0.1, 0.15) is 0 Å². The zero-order chi connectivity index (χ0) is 13.1. The summed E-state index contributed by atoms with van der Waals surface area (Å²) in [7, 11) is 1.84. The molecule has 0 bridgehead atoms. The van der Waals surface area contributed by atoms with Crippen LogP contribution in [0, 0.1) is 17.0 Å². The second-order valence-corrected chi connectivity index (χ2v) is 4.01. The monoisotopic (exact) mass is 246 g/mol. The van der Waals surface area contributed by atoms with Crippen LogP contribution in [0.3, 0.4) is 0 Å². The van der Waals surface area contributed by atoms with Gasteiger partial charge in [-0.2, -0.15) is 5.10 Å². The van der Waals surface area contributed by atoms with Crippen LogP contribution >= 0.6 is 0 Å². The summed E-state index contributed by atoms with van der Waals surface area (Å²) < 4.78 is 1.66. The highest BCUT2D eigenvalue weighted by Crippen LogP contribution is 2.20. The van der Waals surface area contributed by atoms with E-state index in [0.717, 1.165) is 16.9 Å². The van der Waals surface area contributed by atoms with Crippen LogP contribution in [0.4, 0.5) is 5.69 Å². The number of nitrogens with one attached hydrogen (secondary N) is 1. The lowest BCUT2D eigenvalue weighted by atomic mass is 10.2. The second kappa shape index (κ2) is 4.97. The molecule has 1 aromatic carbocycles. The van der Waals surface area contributed by atoms with E-state index in [2.05, 4.69) is 10.4 Å². The van der Waals surface area contributed by atoms with E-state index < -0.39 is 4.92 Å². The third kappa shape index (κ3) is 2.38. The van der Waals surface area contributed by atoms with Crippen molar-refractivity contribution in [1.29, 1.82) is 0 Å². The summed E-state index contributed by atoms with van der Waals surface area (Å²) in [6.45, 7) is 2.57. The Balaban J connectivity index is 2.41. The summed E-state index contributed by atoms with van der Waals surface area (Å²) in [4.78, 5) is 10.4. The number of hydrogen-bond donors (Lipinski definition) is 1. The van der Waals surface area contributed by atoms with E-state index in [1.165, 1.54) is 12.1 Å². The fraction of sp³-hybridized carbons (Fsp3) is 0.250. The molecule has 1 N–H and O–H groups in total. The molecular formula is C12H14N4O2. The third-order valence-electron chi connectivity index (χ3n) is 2.65. The van der Waals surface area contributed by atoms with Gasteiger partial charge in [0.15, 0.2) is 0 Å². The standard InChI is InChI=1S/C12H14N4O2/c1-9-3-4-11(16(17)18)7-12(9)15-6-5-10(14-15)8-13-2/h3-7,13H,8H2,1-2H3. The minimum atomic E-state index is -0.402. The fourth-order valence-electron chi connectivity index (χ4n) is 1.73. The first kappa shape index (κ1) is 12.3. The maximum atomic E-state index is 10.8. The largest absolute Gasteiger partial charge is 0.314 e. The highest BCUT2D eigenvalue weighted by molar-refractivity contribution is 5.48. The van der Waals surface area contributed by atoms with Crippen molar-refractivity contribution >= 4 is 5.69 Å². The number of nitro groups is 1. The zero-order valence-corrected chi connectivity index (χ0v) is 10.3. The van der Waals surface area contributed by atoms with Crippen molar-refractivity contribution in [2.45, 2.75) is 13.5 Å². The summed E-state index contributed by atoms with van der Waals surface area (Å²) in [6.07, 6.45) is 1.80. The molecule has 0 saturated carbocycles. The van der Waals surface area contributed by atoms with Crippen molar-refractivity contribution in [2.75, 3.05) is 7.05 Å². The minimum absolute atomic E-state index is 0.0706. The molecule has 1 heterocycles. The summed E-state index contributed by atoms with van der Waals surface area (Å²) >= 11 is 0. The molecule has 6 heteroatoms. The molecule has 0 aliphatic carbocycles. The topological polar surface area (TPSA) is 73.0 Å². The first-order valence-electron chi connectivity index (χ1n) is 5.56. The zero-order valence-electron chi connectivity index (χ0n) is 10.3. The molecule has 2 rings (SSSR count). The highest BCUT2D eigenvalue weighted by atomic mass is 16.6. The van der Waals surface area contributed by atoms with E-state index in [9.17, 15) is 10.1 Å². The molecule has 18 heavy (non-hydrogen) atoms. The van der Waals surface area contributed by atoms with Gasteiger partial charge in [0, 0.05) is 24.9 Å². The van der Waals surface area contributed by atoms with E-state index in [-0.39, 0.29) is 5.69 Å². The molecular weight excluding hydrogens is 232 g/mol. The number of nitrogens with zero attached hydrogens (tertiary/aromatic N) is 3. The van der Waals surface area contributed by atoms with Crippen LogP contribution in [0.15, 0.2) is 30.5 Å². The Kier molecular flexibility index (Phi) is 3.38. The van der Waals surface area contributed by atoms with Crippen LogP contribution < -0.4 is 5.32 Å². The van der Waals surface area contributed by atoms with Crippen molar-refractivity contribution < 1.29 is 4.92 Å². The van der Waals surface area contributed by atoms with Crippen LogP contribution in [-0.2, 0) is 6.54 Å². The van der Waals surface area contributed by atoms with Gasteiger partial charge in [-0.05, 0) is 25.6 Å². The van der Waals surface area contributed by atoms with E-state index in [4.69, 9.17) is 0 Å². The fourth-order valence-corrected chi connectivity index (χ4v) is 1.73. The van der Waals surface area contributed by atoms with Gasteiger partial charge in [-0.1, -0.05) is 6.07 Å². The second-order valence-electron chi connectivity index (χ2n) is 4.01. The number of benzene rings is 1. The molecule has 0 aliphatic heterocycles. The van der Waals surface area contributed by atoms with Crippen LogP contribution in [0.1, 0.15) is 11.3 Å². The average Bonchev–Trinajstić information content (AvgIpc) is 2.78. The quantitative estimate of drug-likeness (QED) is 0.659. The van der Waals surface area contributed by atoms with Gasteiger partial charge in [-0.3, -0.25) is 10.1 Å². The van der Waals surface area contributed by atoms with E-state index in [1.54, 1.807) is 16.9 Å². The summed E-state index contributed by atoms with van der Waals surface area (Å²) in [5.41, 5.74) is 2.64. The minimum Gasteiger partial charge on any atom is -0.314 e.